The van der Waals surface area contributed by atoms with Crippen LogP contribution in [0.3, 0.4) is 0 Å². The van der Waals surface area contributed by atoms with E-state index in [1.807, 2.05) is 0 Å². The quantitative estimate of drug-likeness (QED) is 0.900. The van der Waals surface area contributed by atoms with Crippen LogP contribution in [0.1, 0.15) is 40.0 Å². The number of aromatic carboxylic acids is 1. The van der Waals surface area contributed by atoms with Gasteiger partial charge in [0.2, 0.25) is 0 Å². The summed E-state index contributed by atoms with van der Waals surface area (Å²) in [4.78, 5) is 22.7. The van der Waals surface area contributed by atoms with Gasteiger partial charge in [-0.2, -0.15) is 0 Å². The van der Waals surface area contributed by atoms with E-state index in [1.165, 1.54) is 12.1 Å². The normalized spacial score (nSPS) is 15.1. The first-order valence-electron chi connectivity index (χ1n) is 5.41. The Balaban J connectivity index is 2.18. The molecule has 0 bridgehead atoms. The standard InChI is InChI=1S/C12H12BrNO3/c13-9-5-7(4-8(6-9)12(16)17)11(15)14-10-2-1-3-10/h4-6,10H,1-3H2,(H,14,15)(H,16,17). The van der Waals surface area contributed by atoms with Crippen molar-refractivity contribution in [2.45, 2.75) is 25.3 Å². The van der Waals surface area contributed by atoms with Gasteiger partial charge in [0.1, 0.15) is 0 Å². The maximum absolute atomic E-state index is 11.9. The minimum absolute atomic E-state index is 0.109. The zero-order valence-electron chi connectivity index (χ0n) is 9.07. The minimum atomic E-state index is -1.04. The van der Waals surface area contributed by atoms with Crippen molar-refractivity contribution >= 4 is 27.8 Å². The van der Waals surface area contributed by atoms with Crippen molar-refractivity contribution in [2.24, 2.45) is 0 Å². The molecule has 1 aromatic carbocycles. The minimum Gasteiger partial charge on any atom is -0.478 e. The third-order valence-corrected chi connectivity index (χ3v) is 3.31. The Bertz CT molecular complexity index is 469. The Kier molecular flexibility index (Phi) is 3.47. The van der Waals surface area contributed by atoms with Gasteiger partial charge in [0.15, 0.2) is 0 Å². The molecule has 4 nitrogen and oxygen atoms in total. The summed E-state index contributed by atoms with van der Waals surface area (Å²) in [5, 5.41) is 11.8. The summed E-state index contributed by atoms with van der Waals surface area (Å²) in [7, 11) is 0. The smallest absolute Gasteiger partial charge is 0.335 e. The summed E-state index contributed by atoms with van der Waals surface area (Å²) < 4.78 is 0.594. The lowest BCUT2D eigenvalue weighted by molar-refractivity contribution is 0.0697. The van der Waals surface area contributed by atoms with E-state index in [2.05, 4.69) is 21.2 Å². The Labute approximate surface area is 107 Å². The average Bonchev–Trinajstić information content (AvgIpc) is 2.22. The molecule has 17 heavy (non-hydrogen) atoms. The number of hydrogen-bond acceptors (Lipinski definition) is 2. The van der Waals surface area contributed by atoms with Crippen LogP contribution in [0.25, 0.3) is 0 Å². The molecule has 0 saturated heterocycles. The van der Waals surface area contributed by atoms with Crippen molar-refractivity contribution in [3.8, 4) is 0 Å². The van der Waals surface area contributed by atoms with Gasteiger partial charge in [-0.1, -0.05) is 15.9 Å². The zero-order chi connectivity index (χ0) is 12.4. The molecule has 0 unspecified atom stereocenters. The van der Waals surface area contributed by atoms with Crippen molar-refractivity contribution in [1.82, 2.24) is 5.32 Å². The molecule has 0 aliphatic heterocycles. The van der Waals surface area contributed by atoms with Crippen molar-refractivity contribution in [3.63, 3.8) is 0 Å². The van der Waals surface area contributed by atoms with Crippen molar-refractivity contribution in [1.29, 1.82) is 0 Å². The fourth-order valence-electron chi connectivity index (χ4n) is 1.67. The van der Waals surface area contributed by atoms with Crippen LogP contribution < -0.4 is 5.32 Å². The maximum Gasteiger partial charge on any atom is 0.335 e. The first kappa shape index (κ1) is 12.1. The van der Waals surface area contributed by atoms with Crippen LogP contribution in [-0.2, 0) is 0 Å². The molecule has 2 N–H and O–H groups in total. The van der Waals surface area contributed by atoms with Crippen LogP contribution >= 0.6 is 15.9 Å². The number of hydrogen-bond donors (Lipinski definition) is 2. The third kappa shape index (κ3) is 2.85. The second-order valence-corrected chi connectivity index (χ2v) is 5.05. The van der Waals surface area contributed by atoms with E-state index >= 15 is 0 Å². The molecule has 1 amide bonds. The molecule has 2 rings (SSSR count). The van der Waals surface area contributed by atoms with Gasteiger partial charge in [0, 0.05) is 16.1 Å². The van der Waals surface area contributed by atoms with Crippen LogP contribution in [0.4, 0.5) is 0 Å². The number of carboxylic acid groups (broad SMARTS) is 1. The molecule has 0 atom stereocenters. The van der Waals surface area contributed by atoms with Gasteiger partial charge in [-0.25, -0.2) is 4.79 Å². The largest absolute Gasteiger partial charge is 0.478 e. The van der Waals surface area contributed by atoms with Gasteiger partial charge in [0.05, 0.1) is 5.56 Å². The zero-order valence-corrected chi connectivity index (χ0v) is 10.7. The van der Waals surface area contributed by atoms with Gasteiger partial charge in [-0.05, 0) is 37.5 Å². The summed E-state index contributed by atoms with van der Waals surface area (Å²) in [5.41, 5.74) is 0.488. The Morgan fingerprint density at radius 1 is 1.24 bits per heavy atom. The lowest BCUT2D eigenvalue weighted by atomic mass is 9.93. The molecule has 5 heteroatoms. The lowest BCUT2D eigenvalue weighted by Gasteiger charge is -2.26. The Morgan fingerprint density at radius 3 is 2.41 bits per heavy atom. The highest BCUT2D eigenvalue weighted by Gasteiger charge is 2.20. The first-order valence-corrected chi connectivity index (χ1v) is 6.20. The Morgan fingerprint density at radius 2 is 1.88 bits per heavy atom. The average molecular weight is 298 g/mol. The number of carbonyl (C=O) groups excluding carboxylic acids is 1. The molecule has 0 aromatic heterocycles. The summed E-state index contributed by atoms with van der Waals surface area (Å²) in [6.45, 7) is 0. The predicted octanol–water partition coefficient (Wildman–Crippen LogP) is 2.43. The van der Waals surface area contributed by atoms with E-state index in [4.69, 9.17) is 5.11 Å². The van der Waals surface area contributed by atoms with Crippen LogP contribution in [0.2, 0.25) is 0 Å². The van der Waals surface area contributed by atoms with E-state index in [0.717, 1.165) is 19.3 Å². The molecule has 1 aliphatic rings. The van der Waals surface area contributed by atoms with Crippen LogP contribution in [-0.4, -0.2) is 23.0 Å². The number of carbonyl (C=O) groups is 2. The topological polar surface area (TPSA) is 66.4 Å². The SMILES string of the molecule is O=C(O)c1cc(Br)cc(C(=O)NC2CCC2)c1. The highest BCUT2D eigenvalue weighted by Crippen LogP contribution is 2.20. The number of benzene rings is 1. The number of halogens is 1. The van der Waals surface area contributed by atoms with E-state index in [0.29, 0.717) is 10.0 Å². The number of carboxylic acids is 1. The van der Waals surface area contributed by atoms with Crippen molar-refractivity contribution < 1.29 is 14.7 Å². The molecule has 90 valence electrons. The fourth-order valence-corrected chi connectivity index (χ4v) is 2.16. The summed E-state index contributed by atoms with van der Waals surface area (Å²) in [5.74, 6) is -1.25. The van der Waals surface area contributed by atoms with Gasteiger partial charge in [-0.3, -0.25) is 4.79 Å². The number of rotatable bonds is 3. The van der Waals surface area contributed by atoms with Crippen LogP contribution in [0.5, 0.6) is 0 Å². The van der Waals surface area contributed by atoms with Crippen LogP contribution in [0, 0.1) is 0 Å². The van der Waals surface area contributed by atoms with E-state index in [1.54, 1.807) is 6.07 Å². The predicted molar refractivity (Wildman–Crippen MR) is 66.2 cm³/mol. The molecular weight excluding hydrogens is 286 g/mol. The summed E-state index contributed by atoms with van der Waals surface area (Å²) in [6.07, 6.45) is 3.15. The summed E-state index contributed by atoms with van der Waals surface area (Å²) in [6, 6.07) is 4.74. The second kappa shape index (κ2) is 4.87. The van der Waals surface area contributed by atoms with Gasteiger partial charge in [-0.15, -0.1) is 0 Å². The van der Waals surface area contributed by atoms with E-state index in [-0.39, 0.29) is 17.5 Å². The first-order chi connectivity index (χ1) is 8.06. The molecule has 0 heterocycles. The second-order valence-electron chi connectivity index (χ2n) is 4.14. The third-order valence-electron chi connectivity index (χ3n) is 2.85. The molecule has 1 fully saturated rings. The molecule has 1 aromatic rings. The lowest BCUT2D eigenvalue weighted by Crippen LogP contribution is -2.39. The van der Waals surface area contributed by atoms with Crippen molar-refractivity contribution in [2.75, 3.05) is 0 Å². The Hall–Kier alpha value is -1.36. The molecule has 1 aliphatic carbocycles. The summed E-state index contributed by atoms with van der Waals surface area (Å²) >= 11 is 3.20. The molecular formula is C12H12BrNO3. The van der Waals surface area contributed by atoms with Crippen LogP contribution in [0.15, 0.2) is 22.7 Å². The molecule has 0 radical (unpaired) electrons. The number of nitrogens with one attached hydrogen (secondary N) is 1. The van der Waals surface area contributed by atoms with Gasteiger partial charge >= 0.3 is 5.97 Å². The molecule has 0 spiro atoms. The van der Waals surface area contributed by atoms with E-state index in [9.17, 15) is 9.59 Å². The maximum atomic E-state index is 11.9. The van der Waals surface area contributed by atoms with E-state index < -0.39 is 5.97 Å². The monoisotopic (exact) mass is 297 g/mol. The fraction of sp³-hybridized carbons (Fsp3) is 0.333. The number of amides is 1. The highest BCUT2D eigenvalue weighted by molar-refractivity contribution is 9.10. The van der Waals surface area contributed by atoms with Gasteiger partial charge < -0.3 is 10.4 Å². The van der Waals surface area contributed by atoms with Crippen molar-refractivity contribution in [3.05, 3.63) is 33.8 Å². The van der Waals surface area contributed by atoms with Gasteiger partial charge in [0.25, 0.3) is 5.91 Å². The highest BCUT2D eigenvalue weighted by atomic mass is 79.9. The molecule has 1 saturated carbocycles.